The van der Waals surface area contributed by atoms with Gasteiger partial charge in [-0.15, -0.1) is 13.2 Å². The Bertz CT molecular complexity index is 788. The summed E-state index contributed by atoms with van der Waals surface area (Å²) in [5.41, 5.74) is 0.239. The largest absolute Gasteiger partial charge is 0.618 e. The predicted octanol–water partition coefficient (Wildman–Crippen LogP) is 2.75. The molecule has 1 heterocycles. The lowest BCUT2D eigenvalue weighted by molar-refractivity contribution is -0.646. The van der Waals surface area contributed by atoms with E-state index in [2.05, 4.69) is 4.74 Å². The maximum absolute atomic E-state index is 12.4. The number of aromatic nitrogens is 1. The molecule has 0 aliphatic carbocycles. The van der Waals surface area contributed by atoms with Crippen molar-refractivity contribution in [3.63, 3.8) is 0 Å². The topological polar surface area (TPSA) is 70.3 Å². The summed E-state index contributed by atoms with van der Waals surface area (Å²) < 4.78 is 65.1. The highest BCUT2D eigenvalue weighted by Crippen LogP contribution is 2.29. The molecule has 23 heavy (non-hydrogen) atoms. The molecule has 0 radical (unpaired) electrons. The van der Waals surface area contributed by atoms with E-state index in [1.165, 1.54) is 37.3 Å². The number of sulfone groups is 1. The first kappa shape index (κ1) is 17.1. The number of ether oxygens (including phenoxy) is 1. The fraction of sp³-hybridized carbons (Fsp3) is 0.214. The number of alkyl halides is 3. The Kier molecular flexibility index (Phi) is 4.51. The van der Waals surface area contributed by atoms with Crippen LogP contribution >= 0.6 is 0 Å². The van der Waals surface area contributed by atoms with Gasteiger partial charge in [0.15, 0.2) is 6.20 Å². The molecule has 0 aliphatic rings. The minimum atomic E-state index is -4.82. The molecule has 0 saturated heterocycles. The van der Waals surface area contributed by atoms with Crippen LogP contribution in [0.2, 0.25) is 0 Å². The van der Waals surface area contributed by atoms with Crippen molar-refractivity contribution in [2.45, 2.75) is 23.6 Å². The van der Waals surface area contributed by atoms with Gasteiger partial charge in [-0.25, -0.2) is 8.42 Å². The van der Waals surface area contributed by atoms with Crippen molar-refractivity contribution in [1.82, 2.24) is 0 Å². The maximum Gasteiger partial charge on any atom is 0.573 e. The van der Waals surface area contributed by atoms with E-state index in [0.717, 1.165) is 18.3 Å². The molecule has 0 spiro atoms. The van der Waals surface area contributed by atoms with Crippen molar-refractivity contribution in [2.75, 3.05) is 0 Å². The summed E-state index contributed by atoms with van der Waals surface area (Å²) in [6.07, 6.45) is -3.77. The zero-order valence-corrected chi connectivity index (χ0v) is 12.6. The van der Waals surface area contributed by atoms with Gasteiger partial charge < -0.3 is 9.94 Å². The summed E-state index contributed by atoms with van der Waals surface area (Å²) in [6.45, 7) is 1.35. The molecule has 0 bridgehead atoms. The van der Waals surface area contributed by atoms with Gasteiger partial charge in [0.05, 0.1) is 5.25 Å². The van der Waals surface area contributed by atoms with E-state index in [0.29, 0.717) is 0 Å². The lowest BCUT2D eigenvalue weighted by Gasteiger charge is -2.14. The molecule has 1 aromatic carbocycles. The van der Waals surface area contributed by atoms with E-state index < -0.39 is 32.2 Å². The molecule has 5 nitrogen and oxygen atoms in total. The number of halogens is 3. The standard InChI is InChI=1S/C14H12F3NO4S/c1-10(23(20,21)13-4-2-3-9-18(13)19)11-5-7-12(8-6-11)22-14(15,16)17/h2-10H,1H3. The third-order valence-electron chi connectivity index (χ3n) is 3.13. The van der Waals surface area contributed by atoms with E-state index in [1.54, 1.807) is 0 Å². The average Bonchev–Trinajstić information content (AvgIpc) is 2.46. The lowest BCUT2D eigenvalue weighted by atomic mass is 10.1. The fourth-order valence-electron chi connectivity index (χ4n) is 1.93. The first-order valence-corrected chi connectivity index (χ1v) is 7.94. The normalized spacial score (nSPS) is 13.6. The van der Waals surface area contributed by atoms with Gasteiger partial charge in [0.2, 0.25) is 9.84 Å². The first-order valence-electron chi connectivity index (χ1n) is 6.39. The lowest BCUT2D eigenvalue weighted by Crippen LogP contribution is -2.34. The van der Waals surface area contributed by atoms with Crippen LogP contribution in [0.5, 0.6) is 5.75 Å². The monoisotopic (exact) mass is 347 g/mol. The number of nitrogens with zero attached hydrogens (tertiary/aromatic N) is 1. The predicted molar refractivity (Wildman–Crippen MR) is 74.1 cm³/mol. The van der Waals surface area contributed by atoms with Crippen LogP contribution in [0.3, 0.4) is 0 Å². The molecule has 2 rings (SSSR count). The summed E-state index contributed by atoms with van der Waals surface area (Å²) in [4.78, 5) is 0. The summed E-state index contributed by atoms with van der Waals surface area (Å²) in [5.74, 6) is -0.454. The van der Waals surface area contributed by atoms with E-state index >= 15 is 0 Å². The molecule has 1 unspecified atom stereocenters. The third-order valence-corrected chi connectivity index (χ3v) is 5.23. The summed E-state index contributed by atoms with van der Waals surface area (Å²) in [6, 6.07) is 8.42. The van der Waals surface area contributed by atoms with E-state index in [9.17, 15) is 26.8 Å². The summed E-state index contributed by atoms with van der Waals surface area (Å²) in [7, 11) is -3.98. The van der Waals surface area contributed by atoms with Gasteiger partial charge >= 0.3 is 11.4 Å². The Morgan fingerprint density at radius 1 is 1.13 bits per heavy atom. The van der Waals surface area contributed by atoms with Crippen LogP contribution in [-0.2, 0) is 9.84 Å². The van der Waals surface area contributed by atoms with Gasteiger partial charge in [-0.1, -0.05) is 12.1 Å². The van der Waals surface area contributed by atoms with E-state index in [-0.39, 0.29) is 10.3 Å². The molecule has 1 aromatic heterocycles. The molecular weight excluding hydrogens is 335 g/mol. The van der Waals surface area contributed by atoms with Gasteiger partial charge in [-0.3, -0.25) is 0 Å². The molecular formula is C14H12F3NO4S. The van der Waals surface area contributed by atoms with Crippen molar-refractivity contribution in [1.29, 1.82) is 0 Å². The van der Waals surface area contributed by atoms with Crippen molar-refractivity contribution in [2.24, 2.45) is 0 Å². The number of hydrogen-bond acceptors (Lipinski definition) is 4. The molecule has 0 fully saturated rings. The van der Waals surface area contributed by atoms with Crippen molar-refractivity contribution in [3.05, 3.63) is 59.4 Å². The molecule has 1 atom stereocenters. The Morgan fingerprint density at radius 3 is 2.26 bits per heavy atom. The van der Waals surface area contributed by atoms with Gasteiger partial charge in [-0.2, -0.15) is 4.73 Å². The van der Waals surface area contributed by atoms with Crippen LogP contribution in [-0.4, -0.2) is 14.8 Å². The van der Waals surface area contributed by atoms with Crippen molar-refractivity contribution < 1.29 is 31.1 Å². The quantitative estimate of drug-likeness (QED) is 0.630. The minimum Gasteiger partial charge on any atom is -0.618 e. The molecule has 2 aromatic rings. The van der Waals surface area contributed by atoms with Gasteiger partial charge in [-0.05, 0) is 30.7 Å². The Balaban J connectivity index is 2.30. The molecule has 0 amide bonds. The number of rotatable bonds is 4. The van der Waals surface area contributed by atoms with Crippen LogP contribution in [0.4, 0.5) is 13.2 Å². The number of hydrogen-bond donors (Lipinski definition) is 0. The Morgan fingerprint density at radius 2 is 1.74 bits per heavy atom. The molecule has 0 saturated carbocycles. The first-order chi connectivity index (χ1) is 10.6. The van der Waals surface area contributed by atoms with Gasteiger partial charge in [0, 0.05) is 12.1 Å². The molecule has 0 aliphatic heterocycles. The average molecular weight is 347 g/mol. The van der Waals surface area contributed by atoms with E-state index in [4.69, 9.17) is 0 Å². The number of pyridine rings is 1. The van der Waals surface area contributed by atoms with Gasteiger partial charge in [0.25, 0.3) is 0 Å². The van der Waals surface area contributed by atoms with Crippen LogP contribution in [0, 0.1) is 5.21 Å². The SMILES string of the molecule is CC(c1ccc(OC(F)(F)F)cc1)S(=O)(=O)c1cccc[n+]1[O-]. The highest BCUT2D eigenvalue weighted by molar-refractivity contribution is 7.91. The van der Waals surface area contributed by atoms with E-state index in [1.807, 2.05) is 0 Å². The van der Waals surface area contributed by atoms with Gasteiger partial charge in [0.1, 0.15) is 5.75 Å². The highest BCUT2D eigenvalue weighted by Gasteiger charge is 2.33. The highest BCUT2D eigenvalue weighted by atomic mass is 32.2. The summed E-state index contributed by atoms with van der Waals surface area (Å²) in [5, 5.41) is 10.1. The molecule has 9 heteroatoms. The smallest absolute Gasteiger partial charge is 0.573 e. The Hall–Kier alpha value is -2.29. The second kappa shape index (κ2) is 6.07. The van der Waals surface area contributed by atoms with Crippen molar-refractivity contribution >= 4 is 9.84 Å². The van der Waals surface area contributed by atoms with Crippen molar-refractivity contribution in [3.8, 4) is 5.75 Å². The van der Waals surface area contributed by atoms with Crippen LogP contribution in [0.1, 0.15) is 17.7 Å². The Labute approximate surface area is 130 Å². The molecule has 0 N–H and O–H groups in total. The second-order valence-corrected chi connectivity index (χ2v) is 6.88. The zero-order chi connectivity index (χ0) is 17.3. The second-order valence-electron chi connectivity index (χ2n) is 4.67. The number of benzene rings is 1. The summed E-state index contributed by atoms with van der Waals surface area (Å²) >= 11 is 0. The molecule has 124 valence electrons. The van der Waals surface area contributed by atoms with Crippen LogP contribution in [0.25, 0.3) is 0 Å². The third kappa shape index (κ3) is 3.92. The van der Waals surface area contributed by atoms with Crippen LogP contribution < -0.4 is 9.47 Å². The maximum atomic E-state index is 12.4. The van der Waals surface area contributed by atoms with Crippen LogP contribution in [0.15, 0.2) is 53.7 Å². The minimum absolute atomic E-state index is 0.229. The fourth-order valence-corrected chi connectivity index (χ4v) is 3.39. The zero-order valence-electron chi connectivity index (χ0n) is 11.8.